The van der Waals surface area contributed by atoms with E-state index in [1.54, 1.807) is 36.5 Å². The normalized spacial score (nSPS) is 12.7. The molecule has 2 aromatic heterocycles. The molecule has 3 heterocycles. The van der Waals surface area contributed by atoms with Crippen LogP contribution in [0.4, 0.5) is 24.8 Å². The van der Waals surface area contributed by atoms with Crippen molar-refractivity contribution < 1.29 is 22.6 Å². The number of fused-ring (bicyclic) bond motifs is 1. The molecule has 8 nitrogen and oxygen atoms in total. The van der Waals surface area contributed by atoms with Gasteiger partial charge in [0.1, 0.15) is 6.33 Å². The van der Waals surface area contributed by atoms with Gasteiger partial charge in [0.2, 0.25) is 12.7 Å². The van der Waals surface area contributed by atoms with E-state index in [0.29, 0.717) is 34.5 Å². The van der Waals surface area contributed by atoms with E-state index in [1.807, 2.05) is 18.2 Å². The van der Waals surface area contributed by atoms with Gasteiger partial charge in [-0.25, -0.2) is 19.6 Å². The molecule has 0 amide bonds. The number of aromatic nitrogens is 5. The monoisotopic (exact) mass is 426 g/mol. The summed E-state index contributed by atoms with van der Waals surface area (Å²) < 4.78 is 49.8. The second-order valence-corrected chi connectivity index (χ2v) is 6.52. The summed E-state index contributed by atoms with van der Waals surface area (Å²) in [6.07, 6.45) is -1.95. The van der Waals surface area contributed by atoms with Gasteiger partial charge >= 0.3 is 6.18 Å². The summed E-state index contributed by atoms with van der Waals surface area (Å²) in [5.74, 6) is 0.514. The molecule has 11 heteroatoms. The van der Waals surface area contributed by atoms with E-state index in [9.17, 15) is 13.2 Å². The van der Waals surface area contributed by atoms with Gasteiger partial charge in [0.25, 0.3) is 5.82 Å². The summed E-state index contributed by atoms with van der Waals surface area (Å²) in [6, 6.07) is 13.9. The van der Waals surface area contributed by atoms with Gasteiger partial charge in [0.05, 0.1) is 11.4 Å². The van der Waals surface area contributed by atoms with E-state index < -0.39 is 12.0 Å². The van der Waals surface area contributed by atoms with Crippen LogP contribution in [0.5, 0.6) is 11.5 Å². The van der Waals surface area contributed by atoms with Crippen molar-refractivity contribution in [3.05, 3.63) is 66.9 Å². The van der Waals surface area contributed by atoms with Crippen molar-refractivity contribution in [1.82, 2.24) is 24.7 Å². The van der Waals surface area contributed by atoms with Crippen molar-refractivity contribution in [1.29, 1.82) is 0 Å². The number of halogens is 3. The zero-order chi connectivity index (χ0) is 21.4. The number of alkyl halides is 3. The molecule has 0 saturated carbocycles. The molecule has 1 N–H and O–H groups in total. The molecular weight excluding hydrogens is 413 g/mol. The second kappa shape index (κ2) is 7.27. The highest BCUT2D eigenvalue weighted by Crippen LogP contribution is 2.35. The van der Waals surface area contributed by atoms with Crippen LogP contribution in [-0.4, -0.2) is 31.5 Å². The van der Waals surface area contributed by atoms with E-state index >= 15 is 0 Å². The number of rotatable bonds is 4. The van der Waals surface area contributed by atoms with Crippen molar-refractivity contribution >= 4 is 11.6 Å². The number of nitrogens with zero attached hydrogens (tertiary/aromatic N) is 5. The van der Waals surface area contributed by atoms with Gasteiger partial charge in [-0.15, -0.1) is 5.10 Å². The molecule has 31 heavy (non-hydrogen) atoms. The molecule has 2 aromatic carbocycles. The van der Waals surface area contributed by atoms with Gasteiger partial charge in [-0.1, -0.05) is 0 Å². The minimum atomic E-state index is -4.59. The molecule has 1 aliphatic heterocycles. The standard InChI is InChI=1S/C20H13F3N6O2/c21-20(22,23)18-25-10-29(28-18)14-4-2-13(3-5-14)26-19-24-8-7-15(27-19)12-1-6-16-17(9-12)31-11-30-16/h1-10H,11H2,(H,24,26,27). The first-order chi connectivity index (χ1) is 15.0. The number of ether oxygens (including phenoxy) is 2. The molecule has 0 bridgehead atoms. The predicted octanol–water partition coefficient (Wildman–Crippen LogP) is 4.22. The number of hydrogen-bond acceptors (Lipinski definition) is 7. The molecule has 0 saturated heterocycles. The maximum absolute atomic E-state index is 12.7. The van der Waals surface area contributed by atoms with Crippen LogP contribution in [-0.2, 0) is 6.18 Å². The highest BCUT2D eigenvalue weighted by atomic mass is 19.4. The van der Waals surface area contributed by atoms with Crippen molar-refractivity contribution in [3.8, 4) is 28.4 Å². The Labute approximate surface area is 173 Å². The van der Waals surface area contributed by atoms with Gasteiger partial charge in [-0.2, -0.15) is 13.2 Å². The van der Waals surface area contributed by atoms with Crippen LogP contribution >= 0.6 is 0 Å². The van der Waals surface area contributed by atoms with Crippen LogP contribution in [0.15, 0.2) is 61.1 Å². The Morgan fingerprint density at radius 2 is 1.74 bits per heavy atom. The molecular formula is C20H13F3N6O2. The third kappa shape index (κ3) is 3.84. The number of benzene rings is 2. The largest absolute Gasteiger partial charge is 0.454 e. The summed E-state index contributed by atoms with van der Waals surface area (Å²) in [4.78, 5) is 12.0. The fraction of sp³-hybridized carbons (Fsp3) is 0.100. The summed E-state index contributed by atoms with van der Waals surface area (Å²) in [5.41, 5.74) is 2.62. The topological polar surface area (TPSA) is 87.0 Å². The maximum atomic E-state index is 12.7. The van der Waals surface area contributed by atoms with Crippen LogP contribution in [0.1, 0.15) is 5.82 Å². The number of anilines is 2. The Kier molecular flexibility index (Phi) is 4.42. The van der Waals surface area contributed by atoms with E-state index in [-0.39, 0.29) is 6.79 Å². The zero-order valence-corrected chi connectivity index (χ0v) is 15.7. The summed E-state index contributed by atoms with van der Waals surface area (Å²) >= 11 is 0. The molecule has 0 atom stereocenters. The minimum Gasteiger partial charge on any atom is -0.454 e. The van der Waals surface area contributed by atoms with Gasteiger partial charge in [0, 0.05) is 17.4 Å². The molecule has 1 aliphatic rings. The van der Waals surface area contributed by atoms with Gasteiger partial charge < -0.3 is 14.8 Å². The van der Waals surface area contributed by atoms with E-state index in [4.69, 9.17) is 9.47 Å². The van der Waals surface area contributed by atoms with Crippen LogP contribution in [0.2, 0.25) is 0 Å². The first-order valence-electron chi connectivity index (χ1n) is 9.05. The smallest absolute Gasteiger partial charge is 0.453 e. The summed E-state index contributed by atoms with van der Waals surface area (Å²) in [6.45, 7) is 0.192. The quantitative estimate of drug-likeness (QED) is 0.523. The lowest BCUT2D eigenvalue weighted by atomic mass is 10.1. The van der Waals surface area contributed by atoms with Crippen LogP contribution in [0.25, 0.3) is 16.9 Å². The highest BCUT2D eigenvalue weighted by Gasteiger charge is 2.35. The van der Waals surface area contributed by atoms with Gasteiger partial charge in [-0.05, 0) is 48.5 Å². The molecule has 0 radical (unpaired) electrons. The minimum absolute atomic E-state index is 0.192. The summed E-state index contributed by atoms with van der Waals surface area (Å²) in [7, 11) is 0. The van der Waals surface area contributed by atoms with E-state index in [2.05, 4.69) is 25.4 Å². The first kappa shape index (κ1) is 18.9. The van der Waals surface area contributed by atoms with Crippen LogP contribution in [0.3, 0.4) is 0 Å². The average Bonchev–Trinajstić information content (AvgIpc) is 3.44. The molecule has 0 fully saturated rings. The summed E-state index contributed by atoms with van der Waals surface area (Å²) in [5, 5.41) is 6.52. The predicted molar refractivity (Wildman–Crippen MR) is 103 cm³/mol. The number of hydrogen-bond donors (Lipinski definition) is 1. The zero-order valence-electron chi connectivity index (χ0n) is 15.7. The second-order valence-electron chi connectivity index (χ2n) is 6.52. The third-order valence-corrected chi connectivity index (χ3v) is 4.46. The maximum Gasteiger partial charge on any atom is 0.453 e. The molecule has 0 spiro atoms. The van der Waals surface area contributed by atoms with Gasteiger partial charge in [0.15, 0.2) is 11.5 Å². The molecule has 0 aliphatic carbocycles. The lowest BCUT2D eigenvalue weighted by Crippen LogP contribution is -2.08. The first-order valence-corrected chi connectivity index (χ1v) is 9.05. The molecule has 4 aromatic rings. The third-order valence-electron chi connectivity index (χ3n) is 4.46. The Hall–Kier alpha value is -4.15. The molecule has 156 valence electrons. The van der Waals surface area contributed by atoms with E-state index in [0.717, 1.165) is 16.6 Å². The fourth-order valence-electron chi connectivity index (χ4n) is 2.98. The van der Waals surface area contributed by atoms with Crippen LogP contribution < -0.4 is 14.8 Å². The van der Waals surface area contributed by atoms with Crippen LogP contribution in [0, 0.1) is 0 Å². The lowest BCUT2D eigenvalue weighted by molar-refractivity contribution is -0.144. The Morgan fingerprint density at radius 3 is 2.52 bits per heavy atom. The SMILES string of the molecule is FC(F)(F)c1ncn(-c2ccc(Nc3nccc(-c4ccc5c(c4)OCO5)n3)cc2)n1. The Morgan fingerprint density at radius 1 is 0.935 bits per heavy atom. The molecule has 0 unspecified atom stereocenters. The average molecular weight is 426 g/mol. The fourth-order valence-corrected chi connectivity index (χ4v) is 2.98. The van der Waals surface area contributed by atoms with E-state index in [1.165, 1.54) is 0 Å². The van der Waals surface area contributed by atoms with Crippen molar-refractivity contribution in [2.45, 2.75) is 6.18 Å². The lowest BCUT2D eigenvalue weighted by Gasteiger charge is -2.08. The highest BCUT2D eigenvalue weighted by molar-refractivity contribution is 5.66. The van der Waals surface area contributed by atoms with Crippen molar-refractivity contribution in [3.63, 3.8) is 0 Å². The van der Waals surface area contributed by atoms with Gasteiger partial charge in [-0.3, -0.25) is 0 Å². The molecule has 5 rings (SSSR count). The Bertz CT molecular complexity index is 1240. The van der Waals surface area contributed by atoms with Crippen molar-refractivity contribution in [2.24, 2.45) is 0 Å². The Balaban J connectivity index is 1.33. The van der Waals surface area contributed by atoms with Crippen molar-refractivity contribution in [2.75, 3.05) is 12.1 Å². The number of nitrogens with one attached hydrogen (secondary N) is 1.